The molecule has 6 nitrogen and oxygen atoms in total. The van der Waals surface area contributed by atoms with Gasteiger partial charge in [-0.2, -0.15) is 4.98 Å². The number of aromatic carboxylic acids is 1. The van der Waals surface area contributed by atoms with E-state index in [1.54, 1.807) is 18.2 Å². The van der Waals surface area contributed by atoms with E-state index in [0.717, 1.165) is 26.1 Å². The van der Waals surface area contributed by atoms with E-state index in [4.69, 9.17) is 4.42 Å². The van der Waals surface area contributed by atoms with Gasteiger partial charge in [-0.25, -0.2) is 4.79 Å². The minimum Gasteiger partial charge on any atom is -0.478 e. The molecule has 3 aliphatic rings. The number of rotatable bonds is 4. The third-order valence-electron chi connectivity index (χ3n) is 5.41. The number of anilines is 1. The molecule has 1 aromatic heterocycles. The van der Waals surface area contributed by atoms with Gasteiger partial charge in [0.2, 0.25) is 0 Å². The van der Waals surface area contributed by atoms with Crippen LogP contribution in [0.3, 0.4) is 0 Å². The largest absolute Gasteiger partial charge is 0.478 e. The molecule has 6 heteroatoms. The zero-order chi connectivity index (χ0) is 20.4. The summed E-state index contributed by atoms with van der Waals surface area (Å²) in [7, 11) is 0. The lowest BCUT2D eigenvalue weighted by molar-refractivity contribution is 0.0699. The van der Waals surface area contributed by atoms with Gasteiger partial charge in [0, 0.05) is 25.7 Å². The van der Waals surface area contributed by atoms with Crippen LogP contribution in [0.1, 0.15) is 37.0 Å². The molecule has 29 heavy (non-hydrogen) atoms. The van der Waals surface area contributed by atoms with E-state index in [0.29, 0.717) is 29.1 Å². The molecule has 1 saturated heterocycles. The lowest BCUT2D eigenvalue weighted by atomic mass is 10.0. The van der Waals surface area contributed by atoms with Crippen molar-refractivity contribution in [3.05, 3.63) is 59.2 Å². The molecule has 152 valence electrons. The van der Waals surface area contributed by atoms with E-state index in [-0.39, 0.29) is 5.56 Å². The number of piperazine rings is 1. The number of benzene rings is 1. The number of hydrogen-bond donors (Lipinski definition) is 2. The Balaban J connectivity index is 0.000000243. The van der Waals surface area contributed by atoms with Crippen LogP contribution in [0.2, 0.25) is 0 Å². The van der Waals surface area contributed by atoms with Gasteiger partial charge in [-0.1, -0.05) is 44.2 Å². The molecule has 1 atom stereocenters. The van der Waals surface area contributed by atoms with Crippen LogP contribution in [0.25, 0.3) is 11.1 Å². The molecular weight excluding hydrogens is 366 g/mol. The van der Waals surface area contributed by atoms with Crippen LogP contribution in [-0.4, -0.2) is 41.7 Å². The number of nitrogens with zero attached hydrogens (tertiary/aromatic N) is 2. The molecule has 0 spiro atoms. The predicted molar refractivity (Wildman–Crippen MR) is 114 cm³/mol. The summed E-state index contributed by atoms with van der Waals surface area (Å²) in [6.45, 7) is 6.97. The zero-order valence-corrected chi connectivity index (χ0v) is 16.9. The molecule has 2 N–H and O–H groups in total. The lowest BCUT2D eigenvalue weighted by Gasteiger charge is -2.36. The molecule has 0 amide bonds. The van der Waals surface area contributed by atoms with Gasteiger partial charge < -0.3 is 19.7 Å². The highest BCUT2D eigenvalue weighted by Gasteiger charge is 2.27. The first-order chi connectivity index (χ1) is 14.0. The number of carboxylic acid groups (broad SMARTS) is 1. The highest BCUT2D eigenvalue weighted by Crippen LogP contribution is 2.28. The van der Waals surface area contributed by atoms with Crippen LogP contribution in [0.15, 0.2) is 58.1 Å². The van der Waals surface area contributed by atoms with Crippen LogP contribution in [0.4, 0.5) is 6.01 Å². The summed E-state index contributed by atoms with van der Waals surface area (Å²) in [5, 5.41) is 12.7. The zero-order valence-electron chi connectivity index (χ0n) is 16.9. The average molecular weight is 393 g/mol. The number of nitrogens with one attached hydrogen (secondary N) is 1. The number of fused-ring (bicyclic) bond motifs is 3. The summed E-state index contributed by atoms with van der Waals surface area (Å²) >= 11 is 0. The monoisotopic (exact) mass is 393 g/mol. The topological polar surface area (TPSA) is 78.6 Å². The van der Waals surface area contributed by atoms with Crippen molar-refractivity contribution in [1.82, 2.24) is 10.3 Å². The second kappa shape index (κ2) is 8.25. The first kappa shape index (κ1) is 19.5. The highest BCUT2D eigenvalue weighted by atomic mass is 16.4. The number of carbonyl (C=O) groups is 1. The van der Waals surface area contributed by atoms with E-state index < -0.39 is 5.97 Å². The van der Waals surface area contributed by atoms with E-state index in [9.17, 15) is 9.90 Å². The van der Waals surface area contributed by atoms with Crippen LogP contribution in [-0.2, 0) is 0 Å². The van der Waals surface area contributed by atoms with Crippen molar-refractivity contribution in [2.45, 2.75) is 32.7 Å². The van der Waals surface area contributed by atoms with E-state index >= 15 is 0 Å². The van der Waals surface area contributed by atoms with Crippen LogP contribution in [0.5, 0.6) is 0 Å². The molecular formula is C23H27N3O3. The first-order valence-corrected chi connectivity index (χ1v) is 10.2. The molecule has 0 radical (unpaired) electrons. The Morgan fingerprint density at radius 1 is 1.31 bits per heavy atom. The minimum absolute atomic E-state index is 0.183. The molecule has 0 saturated carbocycles. The Morgan fingerprint density at radius 2 is 2.07 bits per heavy atom. The Labute approximate surface area is 170 Å². The summed E-state index contributed by atoms with van der Waals surface area (Å²) in [6, 6.07) is 5.84. The van der Waals surface area contributed by atoms with Crippen LogP contribution in [0, 0.1) is 5.92 Å². The second-order valence-electron chi connectivity index (χ2n) is 8.13. The fourth-order valence-electron chi connectivity index (χ4n) is 4.01. The number of allylic oxidation sites excluding steroid dienone is 6. The highest BCUT2D eigenvalue weighted by molar-refractivity contribution is 6.00. The van der Waals surface area contributed by atoms with Gasteiger partial charge >= 0.3 is 5.97 Å². The van der Waals surface area contributed by atoms with E-state index in [1.165, 1.54) is 17.6 Å². The Morgan fingerprint density at radius 3 is 2.66 bits per heavy atom. The van der Waals surface area contributed by atoms with Crippen molar-refractivity contribution < 1.29 is 14.3 Å². The van der Waals surface area contributed by atoms with Crippen molar-refractivity contribution in [2.24, 2.45) is 5.92 Å². The Hall–Kier alpha value is -2.86. The maximum absolute atomic E-state index is 11.3. The molecule has 1 unspecified atom stereocenters. The van der Waals surface area contributed by atoms with Crippen molar-refractivity contribution in [1.29, 1.82) is 0 Å². The Kier molecular flexibility index (Phi) is 5.53. The fourth-order valence-corrected chi connectivity index (χ4v) is 4.01. The quantitative estimate of drug-likeness (QED) is 0.812. The van der Waals surface area contributed by atoms with Gasteiger partial charge in [-0.15, -0.1) is 0 Å². The van der Waals surface area contributed by atoms with Gasteiger partial charge in [-0.05, 0) is 42.0 Å². The summed E-state index contributed by atoms with van der Waals surface area (Å²) in [6.07, 6.45) is 10.9. The van der Waals surface area contributed by atoms with Gasteiger partial charge in [-0.3, -0.25) is 0 Å². The molecule has 2 aliphatic carbocycles. The van der Waals surface area contributed by atoms with Crippen molar-refractivity contribution >= 4 is 23.1 Å². The molecule has 2 aromatic rings. The van der Waals surface area contributed by atoms with Crippen molar-refractivity contribution in [3.63, 3.8) is 0 Å². The van der Waals surface area contributed by atoms with Gasteiger partial charge in [0.25, 0.3) is 6.01 Å². The molecule has 1 fully saturated rings. The molecule has 1 aliphatic heterocycles. The summed E-state index contributed by atoms with van der Waals surface area (Å²) in [5.41, 5.74) is 4.07. The van der Waals surface area contributed by atoms with Gasteiger partial charge in [0.05, 0.1) is 5.56 Å². The third kappa shape index (κ3) is 4.27. The van der Waals surface area contributed by atoms with Crippen molar-refractivity contribution in [3.8, 4) is 0 Å². The number of oxazole rings is 1. The number of hydrogen-bond acceptors (Lipinski definition) is 5. The van der Waals surface area contributed by atoms with Crippen molar-refractivity contribution in [2.75, 3.05) is 24.5 Å². The van der Waals surface area contributed by atoms with E-state index in [2.05, 4.69) is 53.4 Å². The smallest absolute Gasteiger partial charge is 0.338 e. The standard InChI is InChI=1S/C16H21N3O3.C7H6/c1-10(2)8-11-9-17-6-7-19(11)16-18-14-12(15(20)21)4-3-5-13(14)22-16;1-2-7-4-3-6(1)5-7/h3-5,10-11,17H,6-9H2,1-2H3,(H,20,21);1-4H,5H2. The molecule has 1 aromatic carbocycles. The summed E-state index contributed by atoms with van der Waals surface area (Å²) in [4.78, 5) is 17.9. The third-order valence-corrected chi connectivity index (χ3v) is 5.41. The van der Waals surface area contributed by atoms with Gasteiger partial charge in [0.1, 0.15) is 5.52 Å². The van der Waals surface area contributed by atoms with E-state index in [1.807, 2.05) is 0 Å². The first-order valence-electron chi connectivity index (χ1n) is 10.2. The fraction of sp³-hybridized carbons (Fsp3) is 0.391. The number of para-hydroxylation sites is 1. The van der Waals surface area contributed by atoms with Gasteiger partial charge in [0.15, 0.2) is 5.58 Å². The maximum atomic E-state index is 11.3. The minimum atomic E-state index is -0.982. The maximum Gasteiger partial charge on any atom is 0.338 e. The Bertz CT molecular complexity index is 980. The van der Waals surface area contributed by atoms with Crippen LogP contribution >= 0.6 is 0 Å². The molecule has 2 heterocycles. The van der Waals surface area contributed by atoms with Crippen LogP contribution < -0.4 is 10.2 Å². The number of aromatic nitrogens is 1. The lowest BCUT2D eigenvalue weighted by Crippen LogP contribution is -2.52. The normalized spacial score (nSPS) is 20.0. The molecule has 5 rings (SSSR count). The predicted octanol–water partition coefficient (Wildman–Crippen LogP) is 4.16. The summed E-state index contributed by atoms with van der Waals surface area (Å²) < 4.78 is 5.83. The number of carboxylic acids is 1. The average Bonchev–Trinajstić information content (AvgIpc) is 3.44. The second-order valence-corrected chi connectivity index (χ2v) is 8.13. The molecule has 2 bridgehead atoms. The summed E-state index contributed by atoms with van der Waals surface area (Å²) in [5.74, 6) is -0.407. The SMILES string of the molecule is C1=CC2=CC=C1C2.CC(C)CC1CNCCN1c1nc2c(C(=O)O)cccc2o1.